The molecule has 1 aromatic rings. The summed E-state index contributed by atoms with van der Waals surface area (Å²) in [6.45, 7) is 0. The van der Waals surface area contributed by atoms with E-state index in [-0.39, 0.29) is 5.22 Å². The molecule has 2 nitrogen and oxygen atoms in total. The number of ether oxygens (including phenoxy) is 1. The molecule has 13 heavy (non-hydrogen) atoms. The smallest absolute Gasteiger partial charge is 0.205 e. The molecule has 0 radical (unpaired) electrons. The Bertz CT molecular complexity index is 334. The van der Waals surface area contributed by atoms with Gasteiger partial charge in [0.25, 0.3) is 0 Å². The first kappa shape index (κ1) is 10.1. The summed E-state index contributed by atoms with van der Waals surface area (Å²) in [5, 5.41) is 0.0599. The Hall–Kier alpha value is -0.990. The molecule has 0 aliphatic rings. The van der Waals surface area contributed by atoms with Crippen LogP contribution in [-0.2, 0) is 0 Å². The van der Waals surface area contributed by atoms with Crippen LogP contribution in [0, 0.1) is 0 Å². The molecule has 1 aromatic carbocycles. The zero-order valence-corrected chi connectivity index (χ0v) is 8.05. The maximum absolute atomic E-state index is 10.4. The van der Waals surface area contributed by atoms with E-state index in [0.29, 0.717) is 11.3 Å². The van der Waals surface area contributed by atoms with Crippen LogP contribution in [-0.4, -0.2) is 6.29 Å². The molecule has 0 heterocycles. The van der Waals surface area contributed by atoms with Gasteiger partial charge in [-0.05, 0) is 23.7 Å². The second-order valence-electron chi connectivity index (χ2n) is 2.21. The minimum absolute atomic E-state index is 0.0599. The molecular formula is C9H6Cl2O2. The summed E-state index contributed by atoms with van der Waals surface area (Å²) < 4.78 is 5.04. The topological polar surface area (TPSA) is 26.3 Å². The van der Waals surface area contributed by atoms with Gasteiger partial charge in [0.1, 0.15) is 12.0 Å². The zero-order valence-electron chi connectivity index (χ0n) is 6.54. The van der Waals surface area contributed by atoms with Crippen molar-refractivity contribution < 1.29 is 9.53 Å². The molecule has 0 saturated carbocycles. The van der Waals surface area contributed by atoms with E-state index in [4.69, 9.17) is 27.9 Å². The van der Waals surface area contributed by atoms with Crippen molar-refractivity contribution in [2.45, 2.75) is 0 Å². The van der Waals surface area contributed by atoms with Gasteiger partial charge in [-0.3, -0.25) is 4.79 Å². The quantitative estimate of drug-likeness (QED) is 0.574. The van der Waals surface area contributed by atoms with Gasteiger partial charge >= 0.3 is 0 Å². The van der Waals surface area contributed by atoms with Gasteiger partial charge in [0.2, 0.25) is 5.22 Å². The Labute approximate surface area is 85.7 Å². The fraction of sp³-hybridized carbons (Fsp3) is 0. The number of benzene rings is 1. The molecular weight excluding hydrogens is 211 g/mol. The van der Waals surface area contributed by atoms with Crippen molar-refractivity contribution in [2.24, 2.45) is 0 Å². The van der Waals surface area contributed by atoms with Crippen LogP contribution in [0.15, 0.2) is 35.0 Å². The molecule has 0 atom stereocenters. The molecule has 0 aliphatic carbocycles. The van der Waals surface area contributed by atoms with Gasteiger partial charge in [0.15, 0.2) is 0 Å². The van der Waals surface area contributed by atoms with E-state index in [1.165, 1.54) is 0 Å². The molecule has 0 saturated heterocycles. The maximum atomic E-state index is 10.4. The molecule has 0 unspecified atom stereocenters. The van der Waals surface area contributed by atoms with E-state index in [9.17, 15) is 4.79 Å². The Morgan fingerprint density at radius 1 is 1.46 bits per heavy atom. The molecule has 0 bridgehead atoms. The van der Waals surface area contributed by atoms with Crippen molar-refractivity contribution in [3.63, 3.8) is 0 Å². The van der Waals surface area contributed by atoms with E-state index in [1.807, 2.05) is 0 Å². The first-order valence-corrected chi connectivity index (χ1v) is 4.26. The summed E-state index contributed by atoms with van der Waals surface area (Å²) >= 11 is 10.8. The molecule has 68 valence electrons. The largest absolute Gasteiger partial charge is 0.444 e. The highest BCUT2D eigenvalue weighted by atomic mass is 35.5. The van der Waals surface area contributed by atoms with Gasteiger partial charge < -0.3 is 4.74 Å². The van der Waals surface area contributed by atoms with Gasteiger partial charge in [-0.25, -0.2) is 0 Å². The average Bonchev–Trinajstić information content (AvgIpc) is 2.18. The fourth-order valence-electron chi connectivity index (χ4n) is 0.786. The van der Waals surface area contributed by atoms with Crippen LogP contribution < -0.4 is 4.74 Å². The van der Waals surface area contributed by atoms with Crippen molar-refractivity contribution in [1.29, 1.82) is 0 Å². The Balaban J connectivity index is 2.83. The highest BCUT2D eigenvalue weighted by Crippen LogP contribution is 2.17. The van der Waals surface area contributed by atoms with E-state index in [0.717, 1.165) is 11.8 Å². The number of rotatable bonds is 3. The van der Waals surface area contributed by atoms with Crippen molar-refractivity contribution in [3.05, 3.63) is 40.6 Å². The minimum Gasteiger partial charge on any atom is -0.444 e. The number of carbonyl (C=O) groups is 1. The normalized spacial score (nSPS) is 11.1. The van der Waals surface area contributed by atoms with E-state index >= 15 is 0 Å². The number of aldehydes is 1. The molecule has 4 heteroatoms. The van der Waals surface area contributed by atoms with Crippen LogP contribution >= 0.6 is 23.2 Å². The van der Waals surface area contributed by atoms with Gasteiger partial charge in [0.05, 0.1) is 5.54 Å². The number of carbonyl (C=O) groups excluding carboxylic acids is 1. The van der Waals surface area contributed by atoms with Crippen LogP contribution in [0.4, 0.5) is 0 Å². The fourth-order valence-corrected chi connectivity index (χ4v) is 0.920. The molecule has 0 aromatic heterocycles. The summed E-state index contributed by atoms with van der Waals surface area (Å²) in [6, 6.07) is 6.60. The van der Waals surface area contributed by atoms with E-state index in [2.05, 4.69) is 0 Å². The maximum Gasteiger partial charge on any atom is 0.205 e. The zero-order chi connectivity index (χ0) is 9.68. The standard InChI is InChI=1S/C9H6Cl2O2/c10-5-9(11)13-8-3-1-2-7(4-8)6-12/h1-6H. The van der Waals surface area contributed by atoms with Crippen molar-refractivity contribution in [1.82, 2.24) is 0 Å². The molecule has 0 N–H and O–H groups in total. The summed E-state index contributed by atoms with van der Waals surface area (Å²) in [5.41, 5.74) is 1.63. The van der Waals surface area contributed by atoms with Crippen molar-refractivity contribution >= 4 is 29.5 Å². The lowest BCUT2D eigenvalue weighted by Crippen LogP contribution is -1.88. The summed E-state index contributed by atoms with van der Waals surface area (Å²) in [4.78, 5) is 10.4. The highest BCUT2D eigenvalue weighted by Gasteiger charge is 1.97. The van der Waals surface area contributed by atoms with Crippen molar-refractivity contribution in [2.75, 3.05) is 0 Å². The minimum atomic E-state index is 0.0599. The Morgan fingerprint density at radius 2 is 2.23 bits per heavy atom. The van der Waals surface area contributed by atoms with E-state index in [1.54, 1.807) is 24.3 Å². The third-order valence-electron chi connectivity index (χ3n) is 1.30. The Kier molecular flexibility index (Phi) is 3.80. The second kappa shape index (κ2) is 4.90. The van der Waals surface area contributed by atoms with Crippen LogP contribution in [0.25, 0.3) is 0 Å². The molecule has 0 fully saturated rings. The third-order valence-corrected chi connectivity index (χ3v) is 1.79. The van der Waals surface area contributed by atoms with Gasteiger partial charge in [-0.15, -0.1) is 0 Å². The first-order chi connectivity index (χ1) is 6.26. The van der Waals surface area contributed by atoms with Gasteiger partial charge in [0, 0.05) is 5.56 Å². The Morgan fingerprint density at radius 3 is 2.85 bits per heavy atom. The molecule has 0 amide bonds. The summed E-state index contributed by atoms with van der Waals surface area (Å²) in [5.74, 6) is 0.478. The second-order valence-corrected chi connectivity index (χ2v) is 2.80. The van der Waals surface area contributed by atoms with Crippen LogP contribution in [0.2, 0.25) is 0 Å². The number of hydrogen-bond acceptors (Lipinski definition) is 2. The summed E-state index contributed by atoms with van der Waals surface area (Å²) in [6.07, 6.45) is 0.727. The van der Waals surface area contributed by atoms with Crippen molar-refractivity contribution in [3.8, 4) is 5.75 Å². The average molecular weight is 217 g/mol. The predicted molar refractivity (Wildman–Crippen MR) is 52.2 cm³/mol. The lowest BCUT2D eigenvalue weighted by molar-refractivity contribution is 0.112. The first-order valence-electron chi connectivity index (χ1n) is 3.45. The highest BCUT2D eigenvalue weighted by molar-refractivity contribution is 6.35. The van der Waals surface area contributed by atoms with Crippen LogP contribution in [0.1, 0.15) is 10.4 Å². The molecule has 0 aliphatic heterocycles. The predicted octanol–water partition coefficient (Wildman–Crippen LogP) is 3.15. The molecule has 0 spiro atoms. The SMILES string of the molecule is O=Cc1cccc(OC(Cl)=CCl)c1. The van der Waals surface area contributed by atoms with Crippen LogP contribution in [0.5, 0.6) is 5.75 Å². The van der Waals surface area contributed by atoms with Gasteiger partial charge in [-0.1, -0.05) is 23.7 Å². The summed E-state index contributed by atoms with van der Waals surface area (Å²) in [7, 11) is 0. The lowest BCUT2D eigenvalue weighted by Gasteiger charge is -2.02. The lowest BCUT2D eigenvalue weighted by atomic mass is 10.2. The third kappa shape index (κ3) is 3.09. The number of halogens is 2. The molecule has 1 rings (SSSR count). The number of hydrogen-bond donors (Lipinski definition) is 0. The van der Waals surface area contributed by atoms with Crippen LogP contribution in [0.3, 0.4) is 0 Å². The monoisotopic (exact) mass is 216 g/mol. The van der Waals surface area contributed by atoms with Gasteiger partial charge in [-0.2, -0.15) is 0 Å². The van der Waals surface area contributed by atoms with E-state index < -0.39 is 0 Å².